The highest BCUT2D eigenvalue weighted by Gasteiger charge is 2.19. The predicted octanol–water partition coefficient (Wildman–Crippen LogP) is 2.09. The standard InChI is InChI=1S/C14H16N2O2/c1-2-3-4-8-15-13-11(14(17)18)9-10-6-5-7-12(10)16-13/h9H,4-8H2,1H3,(H,15,16)(H,17,18). The highest BCUT2D eigenvalue weighted by Crippen LogP contribution is 2.25. The molecular formula is C14H16N2O2. The number of aromatic carboxylic acids is 1. The summed E-state index contributed by atoms with van der Waals surface area (Å²) in [4.78, 5) is 15.6. The topological polar surface area (TPSA) is 62.2 Å². The molecule has 1 aliphatic carbocycles. The number of rotatable bonds is 4. The lowest BCUT2D eigenvalue weighted by Crippen LogP contribution is -2.11. The molecule has 1 heterocycles. The fourth-order valence-corrected chi connectivity index (χ4v) is 2.14. The maximum atomic E-state index is 11.2. The van der Waals surface area contributed by atoms with Crippen LogP contribution in [0.5, 0.6) is 0 Å². The molecule has 2 N–H and O–H groups in total. The van der Waals surface area contributed by atoms with Gasteiger partial charge in [0.05, 0.1) is 0 Å². The van der Waals surface area contributed by atoms with Crippen LogP contribution in [0.25, 0.3) is 0 Å². The number of hydrogen-bond acceptors (Lipinski definition) is 3. The van der Waals surface area contributed by atoms with E-state index in [-0.39, 0.29) is 5.56 Å². The van der Waals surface area contributed by atoms with Crippen LogP contribution in [-0.4, -0.2) is 22.6 Å². The van der Waals surface area contributed by atoms with Crippen molar-refractivity contribution in [3.63, 3.8) is 0 Å². The summed E-state index contributed by atoms with van der Waals surface area (Å²) >= 11 is 0. The van der Waals surface area contributed by atoms with Gasteiger partial charge in [-0.25, -0.2) is 9.78 Å². The number of fused-ring (bicyclic) bond motifs is 1. The SMILES string of the molecule is CC#CCCNc1nc2c(cc1C(=O)O)CCC2. The summed E-state index contributed by atoms with van der Waals surface area (Å²) in [7, 11) is 0. The van der Waals surface area contributed by atoms with Gasteiger partial charge in [0.15, 0.2) is 0 Å². The molecule has 0 bridgehead atoms. The zero-order valence-electron chi connectivity index (χ0n) is 10.4. The molecule has 4 nitrogen and oxygen atoms in total. The van der Waals surface area contributed by atoms with Gasteiger partial charge in [0.1, 0.15) is 11.4 Å². The number of carboxylic acid groups (broad SMARTS) is 1. The first-order valence-electron chi connectivity index (χ1n) is 6.12. The summed E-state index contributed by atoms with van der Waals surface area (Å²) in [6.07, 6.45) is 3.63. The van der Waals surface area contributed by atoms with Crippen LogP contribution < -0.4 is 5.32 Å². The molecule has 0 fully saturated rings. The highest BCUT2D eigenvalue weighted by molar-refractivity contribution is 5.93. The van der Waals surface area contributed by atoms with E-state index in [1.807, 2.05) is 0 Å². The Hall–Kier alpha value is -2.02. The molecule has 0 spiro atoms. The number of nitrogens with zero attached hydrogens (tertiary/aromatic N) is 1. The van der Waals surface area contributed by atoms with Crippen molar-refractivity contribution in [2.75, 3.05) is 11.9 Å². The Morgan fingerprint density at radius 1 is 1.56 bits per heavy atom. The minimum atomic E-state index is -0.929. The van der Waals surface area contributed by atoms with Crippen LogP contribution in [0.4, 0.5) is 5.82 Å². The minimum absolute atomic E-state index is 0.264. The number of aromatic nitrogens is 1. The molecule has 1 aromatic heterocycles. The van der Waals surface area contributed by atoms with Crippen molar-refractivity contribution in [1.82, 2.24) is 4.98 Å². The third kappa shape index (κ3) is 2.62. The maximum absolute atomic E-state index is 11.2. The predicted molar refractivity (Wildman–Crippen MR) is 69.8 cm³/mol. The van der Waals surface area contributed by atoms with Crippen LogP contribution in [0.3, 0.4) is 0 Å². The first kappa shape index (κ1) is 12.4. The number of pyridine rings is 1. The summed E-state index contributed by atoms with van der Waals surface area (Å²) in [5.41, 5.74) is 2.37. The summed E-state index contributed by atoms with van der Waals surface area (Å²) in [6.45, 7) is 2.41. The second-order valence-corrected chi connectivity index (χ2v) is 4.25. The van der Waals surface area contributed by atoms with Gasteiger partial charge < -0.3 is 10.4 Å². The Morgan fingerprint density at radius 3 is 3.11 bits per heavy atom. The van der Waals surface area contributed by atoms with Gasteiger partial charge in [-0.2, -0.15) is 0 Å². The van der Waals surface area contributed by atoms with Crippen LogP contribution in [0.1, 0.15) is 41.4 Å². The molecule has 0 atom stereocenters. The van der Waals surface area contributed by atoms with Gasteiger partial charge in [-0.3, -0.25) is 0 Å². The molecule has 94 valence electrons. The third-order valence-electron chi connectivity index (χ3n) is 3.00. The fourth-order valence-electron chi connectivity index (χ4n) is 2.14. The zero-order chi connectivity index (χ0) is 13.0. The van der Waals surface area contributed by atoms with Gasteiger partial charge in [0.2, 0.25) is 0 Å². The van der Waals surface area contributed by atoms with Crippen molar-refractivity contribution >= 4 is 11.8 Å². The van der Waals surface area contributed by atoms with E-state index >= 15 is 0 Å². The Labute approximate surface area is 106 Å². The maximum Gasteiger partial charge on any atom is 0.339 e. The van der Waals surface area contributed by atoms with Crippen molar-refractivity contribution in [2.24, 2.45) is 0 Å². The summed E-state index contributed by atoms with van der Waals surface area (Å²) < 4.78 is 0. The second-order valence-electron chi connectivity index (χ2n) is 4.25. The van der Waals surface area contributed by atoms with Crippen molar-refractivity contribution in [1.29, 1.82) is 0 Å². The molecule has 0 unspecified atom stereocenters. The molecule has 0 aliphatic heterocycles. The first-order valence-corrected chi connectivity index (χ1v) is 6.12. The van der Waals surface area contributed by atoms with Crippen molar-refractivity contribution < 1.29 is 9.90 Å². The molecule has 0 aromatic carbocycles. The van der Waals surface area contributed by atoms with Crippen LogP contribution in [0, 0.1) is 11.8 Å². The highest BCUT2D eigenvalue weighted by atomic mass is 16.4. The molecule has 4 heteroatoms. The Kier molecular flexibility index (Phi) is 3.83. The normalized spacial score (nSPS) is 12.5. The number of nitrogens with one attached hydrogen (secondary N) is 1. The molecule has 0 saturated heterocycles. The molecule has 2 rings (SSSR count). The fraction of sp³-hybridized carbons (Fsp3) is 0.429. The summed E-state index contributed by atoms with van der Waals surface area (Å²) in [5.74, 6) is 5.28. The number of carboxylic acids is 1. The lowest BCUT2D eigenvalue weighted by molar-refractivity contribution is 0.0697. The summed E-state index contributed by atoms with van der Waals surface area (Å²) in [5, 5.41) is 12.3. The van der Waals surface area contributed by atoms with E-state index in [2.05, 4.69) is 22.1 Å². The second kappa shape index (κ2) is 5.54. The monoisotopic (exact) mass is 244 g/mol. The van der Waals surface area contributed by atoms with Gasteiger partial charge >= 0.3 is 5.97 Å². The Balaban J connectivity index is 2.20. The summed E-state index contributed by atoms with van der Waals surface area (Å²) in [6, 6.07) is 1.76. The van der Waals surface area contributed by atoms with Crippen molar-refractivity contribution in [2.45, 2.75) is 32.6 Å². The zero-order valence-corrected chi connectivity index (χ0v) is 10.4. The van der Waals surface area contributed by atoms with Gasteiger partial charge in [-0.05, 0) is 37.8 Å². The van der Waals surface area contributed by atoms with Crippen LogP contribution in [0.15, 0.2) is 6.07 Å². The largest absolute Gasteiger partial charge is 0.478 e. The minimum Gasteiger partial charge on any atom is -0.478 e. The lowest BCUT2D eigenvalue weighted by Gasteiger charge is -2.10. The average Bonchev–Trinajstić information content (AvgIpc) is 2.80. The van der Waals surface area contributed by atoms with E-state index in [0.717, 1.165) is 30.5 Å². The average molecular weight is 244 g/mol. The van der Waals surface area contributed by atoms with Crippen molar-refractivity contribution in [3.05, 3.63) is 22.9 Å². The van der Waals surface area contributed by atoms with E-state index in [9.17, 15) is 9.90 Å². The molecule has 0 amide bonds. The molecule has 0 radical (unpaired) electrons. The first-order chi connectivity index (χ1) is 8.72. The smallest absolute Gasteiger partial charge is 0.339 e. The van der Waals surface area contributed by atoms with Crippen LogP contribution in [0.2, 0.25) is 0 Å². The molecule has 18 heavy (non-hydrogen) atoms. The Bertz CT molecular complexity index is 527. The van der Waals surface area contributed by atoms with Crippen molar-refractivity contribution in [3.8, 4) is 11.8 Å². The van der Waals surface area contributed by atoms with Gasteiger partial charge in [-0.15, -0.1) is 11.8 Å². The lowest BCUT2D eigenvalue weighted by atomic mass is 10.1. The van der Waals surface area contributed by atoms with E-state index in [1.165, 1.54) is 0 Å². The van der Waals surface area contributed by atoms with E-state index < -0.39 is 5.97 Å². The van der Waals surface area contributed by atoms with Crippen LogP contribution >= 0.6 is 0 Å². The van der Waals surface area contributed by atoms with E-state index in [0.29, 0.717) is 18.8 Å². The third-order valence-corrected chi connectivity index (χ3v) is 3.00. The molecular weight excluding hydrogens is 228 g/mol. The molecule has 1 aromatic rings. The number of aryl methyl sites for hydroxylation is 2. The Morgan fingerprint density at radius 2 is 2.39 bits per heavy atom. The number of anilines is 1. The van der Waals surface area contributed by atoms with E-state index in [1.54, 1.807) is 13.0 Å². The van der Waals surface area contributed by atoms with Crippen LogP contribution in [-0.2, 0) is 12.8 Å². The van der Waals surface area contributed by atoms with Gasteiger partial charge in [0, 0.05) is 18.7 Å². The van der Waals surface area contributed by atoms with Gasteiger partial charge in [-0.1, -0.05) is 0 Å². The molecule has 1 aliphatic rings. The number of carbonyl (C=O) groups is 1. The van der Waals surface area contributed by atoms with Gasteiger partial charge in [0.25, 0.3) is 0 Å². The quantitative estimate of drug-likeness (QED) is 0.629. The number of hydrogen-bond donors (Lipinski definition) is 2. The molecule has 0 saturated carbocycles. The van der Waals surface area contributed by atoms with E-state index in [4.69, 9.17) is 0 Å².